The molecule has 0 aliphatic carbocycles. The molecule has 22 heavy (non-hydrogen) atoms. The molecular weight excluding hydrogens is 272 g/mol. The summed E-state index contributed by atoms with van der Waals surface area (Å²) < 4.78 is 0. The average Bonchev–Trinajstić information content (AvgIpc) is 2.56. The lowest BCUT2D eigenvalue weighted by molar-refractivity contribution is -0.122. The second-order valence-electron chi connectivity index (χ2n) is 5.44. The van der Waals surface area contributed by atoms with Crippen molar-refractivity contribution in [3.63, 3.8) is 0 Å². The number of hydrogen-bond donors (Lipinski definition) is 2. The Balaban J connectivity index is 1.62. The van der Waals surface area contributed by atoms with E-state index in [0.717, 1.165) is 19.4 Å². The number of carbonyl (C=O) groups excluding carboxylic acids is 1. The van der Waals surface area contributed by atoms with Crippen molar-refractivity contribution in [2.45, 2.75) is 25.8 Å². The first-order valence-electron chi connectivity index (χ1n) is 7.84. The van der Waals surface area contributed by atoms with Crippen molar-refractivity contribution < 1.29 is 4.79 Å². The molecular formula is C19H24N2O. The lowest BCUT2D eigenvalue weighted by Gasteiger charge is -2.14. The quantitative estimate of drug-likeness (QED) is 0.786. The minimum Gasteiger partial charge on any atom is -0.354 e. The Morgan fingerprint density at radius 1 is 0.864 bits per heavy atom. The predicted molar refractivity (Wildman–Crippen MR) is 90.8 cm³/mol. The van der Waals surface area contributed by atoms with E-state index in [0.29, 0.717) is 6.54 Å². The van der Waals surface area contributed by atoms with Gasteiger partial charge in [0.25, 0.3) is 0 Å². The third kappa shape index (κ3) is 5.70. The van der Waals surface area contributed by atoms with Crippen molar-refractivity contribution in [1.82, 2.24) is 10.6 Å². The van der Waals surface area contributed by atoms with E-state index in [4.69, 9.17) is 0 Å². The summed E-state index contributed by atoms with van der Waals surface area (Å²) in [6, 6.07) is 20.3. The zero-order chi connectivity index (χ0) is 15.6. The van der Waals surface area contributed by atoms with Gasteiger partial charge in [-0.1, -0.05) is 60.7 Å². The summed E-state index contributed by atoms with van der Waals surface area (Å²) in [5, 5.41) is 6.25. The zero-order valence-electron chi connectivity index (χ0n) is 13.1. The van der Waals surface area contributed by atoms with Gasteiger partial charge in [-0.15, -0.1) is 0 Å². The number of rotatable bonds is 8. The van der Waals surface area contributed by atoms with E-state index in [1.165, 1.54) is 11.1 Å². The summed E-state index contributed by atoms with van der Waals surface area (Å²) in [7, 11) is 0. The van der Waals surface area contributed by atoms with E-state index in [2.05, 4.69) is 34.9 Å². The molecule has 1 amide bonds. The van der Waals surface area contributed by atoms with Crippen LogP contribution in [-0.2, 0) is 17.6 Å². The van der Waals surface area contributed by atoms with Crippen LogP contribution in [0.1, 0.15) is 18.1 Å². The SMILES string of the molecule is CC(NCCc1ccccc1)C(=O)NCCc1ccccc1. The largest absolute Gasteiger partial charge is 0.354 e. The molecule has 0 heterocycles. The molecule has 3 heteroatoms. The molecule has 0 spiro atoms. The molecule has 2 aromatic rings. The number of nitrogens with one attached hydrogen (secondary N) is 2. The summed E-state index contributed by atoms with van der Waals surface area (Å²) in [6.45, 7) is 3.38. The van der Waals surface area contributed by atoms with Gasteiger partial charge in [-0.05, 0) is 37.4 Å². The zero-order valence-corrected chi connectivity index (χ0v) is 13.1. The second-order valence-corrected chi connectivity index (χ2v) is 5.44. The van der Waals surface area contributed by atoms with Crippen LogP contribution < -0.4 is 10.6 Å². The minimum absolute atomic E-state index is 0.0593. The van der Waals surface area contributed by atoms with Crippen molar-refractivity contribution in [3.8, 4) is 0 Å². The molecule has 1 atom stereocenters. The standard InChI is InChI=1S/C19H24N2O/c1-16(20-14-12-17-8-4-2-5-9-17)19(22)21-15-13-18-10-6-3-7-11-18/h2-11,16,20H,12-15H2,1H3,(H,21,22). The minimum atomic E-state index is -0.167. The maximum Gasteiger partial charge on any atom is 0.236 e. The van der Waals surface area contributed by atoms with Crippen LogP contribution in [0, 0.1) is 0 Å². The van der Waals surface area contributed by atoms with Crippen molar-refractivity contribution in [2.24, 2.45) is 0 Å². The fourth-order valence-corrected chi connectivity index (χ4v) is 2.30. The molecule has 0 saturated heterocycles. The van der Waals surface area contributed by atoms with Crippen molar-refractivity contribution in [2.75, 3.05) is 13.1 Å². The predicted octanol–water partition coefficient (Wildman–Crippen LogP) is 2.57. The lowest BCUT2D eigenvalue weighted by Crippen LogP contribution is -2.43. The summed E-state index contributed by atoms with van der Waals surface area (Å²) in [5.41, 5.74) is 2.53. The smallest absolute Gasteiger partial charge is 0.236 e. The van der Waals surface area contributed by atoms with Gasteiger partial charge in [0, 0.05) is 6.54 Å². The van der Waals surface area contributed by atoms with E-state index in [1.54, 1.807) is 0 Å². The molecule has 2 aromatic carbocycles. The summed E-state index contributed by atoms with van der Waals surface area (Å²) in [4.78, 5) is 12.0. The highest BCUT2D eigenvalue weighted by molar-refractivity contribution is 5.81. The molecule has 0 bridgehead atoms. The highest BCUT2D eigenvalue weighted by Gasteiger charge is 2.10. The van der Waals surface area contributed by atoms with Gasteiger partial charge in [-0.3, -0.25) is 4.79 Å². The van der Waals surface area contributed by atoms with E-state index in [9.17, 15) is 4.79 Å². The van der Waals surface area contributed by atoms with E-state index in [1.807, 2.05) is 43.3 Å². The second kappa shape index (κ2) is 9.00. The van der Waals surface area contributed by atoms with Gasteiger partial charge in [-0.2, -0.15) is 0 Å². The molecule has 0 saturated carbocycles. The summed E-state index contributed by atoms with van der Waals surface area (Å²) in [6.07, 6.45) is 1.80. The van der Waals surface area contributed by atoms with Gasteiger partial charge in [0.05, 0.1) is 6.04 Å². The third-order valence-electron chi connectivity index (χ3n) is 3.66. The van der Waals surface area contributed by atoms with Gasteiger partial charge in [0.1, 0.15) is 0 Å². The molecule has 0 aromatic heterocycles. The van der Waals surface area contributed by atoms with Gasteiger partial charge in [-0.25, -0.2) is 0 Å². The van der Waals surface area contributed by atoms with Crippen LogP contribution in [0.2, 0.25) is 0 Å². The van der Waals surface area contributed by atoms with Crippen LogP contribution in [0.5, 0.6) is 0 Å². The molecule has 116 valence electrons. The van der Waals surface area contributed by atoms with Crippen molar-refractivity contribution in [1.29, 1.82) is 0 Å². The Morgan fingerprint density at radius 2 is 1.36 bits per heavy atom. The number of benzene rings is 2. The maximum absolute atomic E-state index is 12.0. The fraction of sp³-hybridized carbons (Fsp3) is 0.316. The Morgan fingerprint density at radius 3 is 1.91 bits per heavy atom. The van der Waals surface area contributed by atoms with E-state index in [-0.39, 0.29) is 11.9 Å². The summed E-state index contributed by atoms with van der Waals surface area (Å²) >= 11 is 0. The van der Waals surface area contributed by atoms with Crippen molar-refractivity contribution >= 4 is 5.91 Å². The maximum atomic E-state index is 12.0. The molecule has 0 aliphatic heterocycles. The molecule has 0 fully saturated rings. The number of amides is 1. The first-order chi connectivity index (χ1) is 10.8. The van der Waals surface area contributed by atoms with Crippen LogP contribution in [0.3, 0.4) is 0 Å². The van der Waals surface area contributed by atoms with Crippen LogP contribution in [0.4, 0.5) is 0 Å². The van der Waals surface area contributed by atoms with Crippen LogP contribution in [-0.4, -0.2) is 25.0 Å². The molecule has 2 N–H and O–H groups in total. The van der Waals surface area contributed by atoms with Crippen molar-refractivity contribution in [3.05, 3.63) is 71.8 Å². The van der Waals surface area contributed by atoms with Gasteiger partial charge < -0.3 is 10.6 Å². The molecule has 0 aliphatic rings. The molecule has 2 rings (SSSR count). The van der Waals surface area contributed by atoms with Gasteiger partial charge in [0.15, 0.2) is 0 Å². The van der Waals surface area contributed by atoms with Crippen LogP contribution in [0.15, 0.2) is 60.7 Å². The molecule has 0 radical (unpaired) electrons. The Labute approximate surface area is 132 Å². The number of carbonyl (C=O) groups is 1. The summed E-state index contributed by atoms with van der Waals surface area (Å²) in [5.74, 6) is 0.0593. The first-order valence-corrected chi connectivity index (χ1v) is 7.84. The third-order valence-corrected chi connectivity index (χ3v) is 3.66. The molecule has 1 unspecified atom stereocenters. The van der Waals surface area contributed by atoms with Crippen LogP contribution in [0.25, 0.3) is 0 Å². The Hall–Kier alpha value is -2.13. The molecule has 3 nitrogen and oxygen atoms in total. The van der Waals surface area contributed by atoms with E-state index >= 15 is 0 Å². The van der Waals surface area contributed by atoms with Gasteiger partial charge in [0.2, 0.25) is 5.91 Å². The topological polar surface area (TPSA) is 41.1 Å². The number of hydrogen-bond acceptors (Lipinski definition) is 2. The monoisotopic (exact) mass is 296 g/mol. The van der Waals surface area contributed by atoms with Gasteiger partial charge >= 0.3 is 0 Å². The normalized spacial score (nSPS) is 11.9. The van der Waals surface area contributed by atoms with E-state index < -0.39 is 0 Å². The Bertz CT molecular complexity index is 554. The fourth-order valence-electron chi connectivity index (χ4n) is 2.30. The average molecular weight is 296 g/mol. The lowest BCUT2D eigenvalue weighted by atomic mass is 10.1. The first kappa shape index (κ1) is 16.2. The Kier molecular flexibility index (Phi) is 6.65. The van der Waals surface area contributed by atoms with Crippen LogP contribution >= 0.6 is 0 Å². The highest BCUT2D eigenvalue weighted by atomic mass is 16.2. The highest BCUT2D eigenvalue weighted by Crippen LogP contribution is 1.99.